The lowest BCUT2D eigenvalue weighted by Gasteiger charge is -2.22. The van der Waals surface area contributed by atoms with Gasteiger partial charge >= 0.3 is 6.18 Å². The third-order valence-corrected chi connectivity index (χ3v) is 6.31. The van der Waals surface area contributed by atoms with Gasteiger partial charge in [0, 0.05) is 6.54 Å². The first-order chi connectivity index (χ1) is 14.3. The van der Waals surface area contributed by atoms with Gasteiger partial charge in [-0.2, -0.15) is 17.5 Å². The molecule has 0 heterocycles. The van der Waals surface area contributed by atoms with E-state index in [4.69, 9.17) is 11.6 Å². The van der Waals surface area contributed by atoms with Crippen LogP contribution in [0, 0.1) is 17.5 Å². The van der Waals surface area contributed by atoms with Gasteiger partial charge in [0.2, 0.25) is 15.9 Å². The Balaban J connectivity index is 2.35. The molecule has 5 nitrogen and oxygen atoms in total. The van der Waals surface area contributed by atoms with Crippen LogP contribution in [0.15, 0.2) is 35.2 Å². The van der Waals surface area contributed by atoms with Gasteiger partial charge in [-0.3, -0.25) is 4.79 Å². The number of halogens is 7. The van der Waals surface area contributed by atoms with Crippen LogP contribution in [0.1, 0.15) is 18.9 Å². The molecule has 0 saturated heterocycles. The second-order valence-electron chi connectivity index (χ2n) is 6.25. The van der Waals surface area contributed by atoms with Crippen LogP contribution in [0.4, 0.5) is 32.0 Å². The molecule has 1 N–H and O–H groups in total. The summed E-state index contributed by atoms with van der Waals surface area (Å²) in [6.45, 7) is 0.312. The Morgan fingerprint density at radius 3 is 2.32 bits per heavy atom. The first-order valence-electron chi connectivity index (χ1n) is 8.59. The summed E-state index contributed by atoms with van der Waals surface area (Å²) in [6.07, 6.45) is -4.67. The fraction of sp³-hybridized carbons (Fsp3) is 0.278. The number of rotatable bonds is 7. The number of benzene rings is 2. The second kappa shape index (κ2) is 9.45. The summed E-state index contributed by atoms with van der Waals surface area (Å²) in [6, 6.07) is 2.99. The summed E-state index contributed by atoms with van der Waals surface area (Å²) in [5, 5.41) is 1.40. The molecule has 13 heteroatoms. The molecule has 0 aliphatic heterocycles. The molecule has 0 aliphatic carbocycles. The largest absolute Gasteiger partial charge is 0.416 e. The number of carbonyl (C=O) groups is 1. The Morgan fingerprint density at radius 2 is 1.74 bits per heavy atom. The van der Waals surface area contributed by atoms with Gasteiger partial charge in [-0.1, -0.05) is 18.5 Å². The predicted octanol–water partition coefficient (Wildman–Crippen LogP) is 4.82. The minimum absolute atomic E-state index is 0.169. The van der Waals surface area contributed by atoms with Gasteiger partial charge in [-0.15, -0.1) is 0 Å². The van der Waals surface area contributed by atoms with Crippen LogP contribution in [0.25, 0.3) is 0 Å². The van der Waals surface area contributed by atoms with Gasteiger partial charge in [0.05, 0.1) is 22.8 Å². The number of anilines is 1. The van der Waals surface area contributed by atoms with Crippen molar-refractivity contribution in [2.45, 2.75) is 24.4 Å². The monoisotopic (exact) mass is 488 g/mol. The molecule has 0 saturated carbocycles. The molecule has 2 aromatic carbocycles. The van der Waals surface area contributed by atoms with Gasteiger partial charge in [0.1, 0.15) is 4.90 Å². The standard InChI is InChI=1S/C18H15ClF6N2O3S/c1-2-7-27(9-15(28)26-13-6-5-12(20)16(21)17(13)22)31(29,30)14-8-10(18(23,24)25)3-4-11(14)19/h3-6,8H,2,7,9H2,1H3,(H,26,28). The maximum atomic E-state index is 13.7. The van der Waals surface area contributed by atoms with Crippen LogP contribution in [0.2, 0.25) is 5.02 Å². The molecular formula is C18H15ClF6N2O3S. The normalized spacial score (nSPS) is 12.3. The van der Waals surface area contributed by atoms with E-state index < -0.39 is 67.3 Å². The number of sulfonamides is 1. The minimum Gasteiger partial charge on any atom is -0.322 e. The van der Waals surface area contributed by atoms with E-state index in [0.29, 0.717) is 22.5 Å². The Bertz CT molecular complexity index is 1090. The molecule has 0 atom stereocenters. The molecule has 0 bridgehead atoms. The summed E-state index contributed by atoms with van der Waals surface area (Å²) in [7, 11) is -4.68. The highest BCUT2D eigenvalue weighted by Gasteiger charge is 2.35. The smallest absolute Gasteiger partial charge is 0.322 e. The number of alkyl halides is 3. The van der Waals surface area contributed by atoms with Gasteiger partial charge in [0.25, 0.3) is 0 Å². The Morgan fingerprint density at radius 1 is 1.10 bits per heavy atom. The van der Waals surface area contributed by atoms with Crippen molar-refractivity contribution in [2.75, 3.05) is 18.4 Å². The molecule has 0 spiro atoms. The highest BCUT2D eigenvalue weighted by molar-refractivity contribution is 7.89. The van der Waals surface area contributed by atoms with Crippen molar-refractivity contribution in [3.8, 4) is 0 Å². The number of nitrogens with zero attached hydrogens (tertiary/aromatic N) is 1. The van der Waals surface area contributed by atoms with Gasteiger partial charge in [-0.05, 0) is 36.8 Å². The van der Waals surface area contributed by atoms with Crippen molar-refractivity contribution in [1.82, 2.24) is 4.31 Å². The summed E-state index contributed by atoms with van der Waals surface area (Å²) in [5.41, 5.74) is -2.00. The third kappa shape index (κ3) is 5.69. The maximum Gasteiger partial charge on any atom is 0.416 e. The van der Waals surface area contributed by atoms with Crippen molar-refractivity contribution < 1.29 is 39.6 Å². The number of hydrogen-bond donors (Lipinski definition) is 1. The zero-order valence-electron chi connectivity index (χ0n) is 15.7. The van der Waals surface area contributed by atoms with E-state index in [-0.39, 0.29) is 13.0 Å². The van der Waals surface area contributed by atoms with Crippen LogP contribution in [-0.2, 0) is 21.0 Å². The van der Waals surface area contributed by atoms with E-state index in [0.717, 1.165) is 12.1 Å². The zero-order chi connectivity index (χ0) is 23.6. The molecule has 0 aromatic heterocycles. The SMILES string of the molecule is CCCN(CC(=O)Nc1ccc(F)c(F)c1F)S(=O)(=O)c1cc(C(F)(F)F)ccc1Cl. The maximum absolute atomic E-state index is 13.7. The quantitative estimate of drug-likeness (QED) is 0.449. The second-order valence-corrected chi connectivity index (χ2v) is 8.57. The number of nitrogens with one attached hydrogen (secondary N) is 1. The Kier molecular flexibility index (Phi) is 7.61. The highest BCUT2D eigenvalue weighted by Crippen LogP contribution is 2.34. The van der Waals surface area contributed by atoms with Crippen LogP contribution in [0.3, 0.4) is 0 Å². The molecule has 31 heavy (non-hydrogen) atoms. The number of amides is 1. The molecule has 2 rings (SSSR count). The lowest BCUT2D eigenvalue weighted by atomic mass is 10.2. The van der Waals surface area contributed by atoms with E-state index in [9.17, 15) is 39.6 Å². The minimum atomic E-state index is -4.84. The van der Waals surface area contributed by atoms with Gasteiger partial charge in [0.15, 0.2) is 17.5 Å². The average Bonchev–Trinajstić information content (AvgIpc) is 2.67. The lowest BCUT2D eigenvalue weighted by Crippen LogP contribution is -2.38. The molecule has 0 aliphatic rings. The van der Waals surface area contributed by atoms with Crippen molar-refractivity contribution >= 4 is 33.2 Å². The fourth-order valence-electron chi connectivity index (χ4n) is 2.52. The number of carbonyl (C=O) groups excluding carboxylic acids is 1. The van der Waals surface area contributed by atoms with Crippen molar-refractivity contribution in [2.24, 2.45) is 0 Å². The van der Waals surface area contributed by atoms with E-state index >= 15 is 0 Å². The lowest BCUT2D eigenvalue weighted by molar-refractivity contribution is -0.137. The fourth-order valence-corrected chi connectivity index (χ4v) is 4.51. The van der Waals surface area contributed by atoms with Crippen molar-refractivity contribution in [3.05, 3.63) is 58.4 Å². The highest BCUT2D eigenvalue weighted by atomic mass is 35.5. The molecule has 0 fully saturated rings. The van der Waals surface area contributed by atoms with E-state index in [2.05, 4.69) is 0 Å². The van der Waals surface area contributed by atoms with Crippen LogP contribution >= 0.6 is 11.6 Å². The zero-order valence-corrected chi connectivity index (χ0v) is 17.3. The third-order valence-electron chi connectivity index (χ3n) is 3.98. The van der Waals surface area contributed by atoms with Crippen LogP contribution in [0.5, 0.6) is 0 Å². The molecule has 2 aromatic rings. The molecule has 0 radical (unpaired) electrons. The average molecular weight is 489 g/mol. The summed E-state index contributed by atoms with van der Waals surface area (Å²) in [4.78, 5) is 11.4. The van der Waals surface area contributed by atoms with E-state index in [1.54, 1.807) is 6.92 Å². The van der Waals surface area contributed by atoms with Gasteiger partial charge in [-0.25, -0.2) is 21.6 Å². The van der Waals surface area contributed by atoms with Crippen molar-refractivity contribution in [1.29, 1.82) is 0 Å². The first-order valence-corrected chi connectivity index (χ1v) is 10.4. The van der Waals surface area contributed by atoms with Crippen LogP contribution < -0.4 is 5.32 Å². The van der Waals surface area contributed by atoms with Crippen LogP contribution in [-0.4, -0.2) is 31.7 Å². The Hall–Kier alpha value is -2.31. The van der Waals surface area contributed by atoms with E-state index in [1.165, 1.54) is 0 Å². The van der Waals surface area contributed by atoms with Gasteiger partial charge < -0.3 is 5.32 Å². The topological polar surface area (TPSA) is 66.5 Å². The summed E-state index contributed by atoms with van der Waals surface area (Å²) >= 11 is 5.79. The summed E-state index contributed by atoms with van der Waals surface area (Å²) in [5.74, 6) is -6.17. The van der Waals surface area contributed by atoms with E-state index in [1.807, 2.05) is 5.32 Å². The first kappa shape index (κ1) is 25.0. The Labute approximate surface area is 178 Å². The molecular weight excluding hydrogens is 474 g/mol. The molecule has 0 unspecified atom stereocenters. The molecule has 170 valence electrons. The number of hydrogen-bond acceptors (Lipinski definition) is 3. The molecule has 1 amide bonds. The van der Waals surface area contributed by atoms with Crippen molar-refractivity contribution in [3.63, 3.8) is 0 Å². The summed E-state index contributed by atoms with van der Waals surface area (Å²) < 4.78 is 105. The predicted molar refractivity (Wildman–Crippen MR) is 100 cm³/mol.